The summed E-state index contributed by atoms with van der Waals surface area (Å²) < 4.78 is 5.54. The molecule has 5 heteroatoms. The van der Waals surface area contributed by atoms with Crippen molar-refractivity contribution >= 4 is 28.8 Å². The molecule has 0 saturated carbocycles. The summed E-state index contributed by atoms with van der Waals surface area (Å²) in [7, 11) is 0. The number of nitrogens with zero attached hydrogens (tertiary/aromatic N) is 1. The fourth-order valence-corrected chi connectivity index (χ4v) is 1.49. The Morgan fingerprint density at radius 3 is 2.59 bits per heavy atom. The van der Waals surface area contributed by atoms with Gasteiger partial charge in [-0.3, -0.25) is 0 Å². The standard InChI is InChI=1S/C12H9ClN2OS/c13-9-1-3-10(4-2-9)16-11-7-8(12(14)17)5-6-15-11/h1-7H,(H2,14,17). The molecule has 0 fully saturated rings. The maximum Gasteiger partial charge on any atom is 0.219 e. The van der Waals surface area contributed by atoms with E-state index >= 15 is 0 Å². The second kappa shape index (κ2) is 5.12. The molecule has 0 saturated heterocycles. The summed E-state index contributed by atoms with van der Waals surface area (Å²) in [4.78, 5) is 4.38. The lowest BCUT2D eigenvalue weighted by molar-refractivity contribution is 0.463. The van der Waals surface area contributed by atoms with Gasteiger partial charge in [0.2, 0.25) is 5.88 Å². The molecule has 0 aliphatic carbocycles. The van der Waals surface area contributed by atoms with Crippen molar-refractivity contribution in [2.75, 3.05) is 0 Å². The zero-order valence-electron chi connectivity index (χ0n) is 8.76. The fraction of sp³-hybridized carbons (Fsp3) is 0. The van der Waals surface area contributed by atoms with Crippen molar-refractivity contribution in [2.45, 2.75) is 0 Å². The molecule has 1 heterocycles. The second-order valence-electron chi connectivity index (χ2n) is 3.30. The number of nitrogens with two attached hydrogens (primary N) is 1. The Morgan fingerprint density at radius 2 is 1.94 bits per heavy atom. The molecule has 1 aromatic carbocycles. The predicted octanol–water partition coefficient (Wildman–Crippen LogP) is 3.16. The van der Waals surface area contributed by atoms with E-state index < -0.39 is 0 Å². The number of hydrogen-bond donors (Lipinski definition) is 1. The van der Waals surface area contributed by atoms with Gasteiger partial charge in [0.15, 0.2) is 0 Å². The van der Waals surface area contributed by atoms with Gasteiger partial charge in [0.1, 0.15) is 10.7 Å². The first-order chi connectivity index (χ1) is 8.15. The van der Waals surface area contributed by atoms with E-state index in [1.807, 2.05) is 0 Å². The molecule has 2 N–H and O–H groups in total. The summed E-state index contributed by atoms with van der Waals surface area (Å²) in [5, 5.41) is 0.655. The molecular formula is C12H9ClN2OS. The van der Waals surface area contributed by atoms with E-state index in [2.05, 4.69) is 4.98 Å². The monoisotopic (exact) mass is 264 g/mol. The third-order valence-electron chi connectivity index (χ3n) is 2.06. The van der Waals surface area contributed by atoms with Crippen LogP contribution in [0.2, 0.25) is 5.02 Å². The van der Waals surface area contributed by atoms with Crippen LogP contribution in [0.3, 0.4) is 0 Å². The highest BCUT2D eigenvalue weighted by atomic mass is 35.5. The van der Waals surface area contributed by atoms with Crippen LogP contribution in [0.25, 0.3) is 0 Å². The van der Waals surface area contributed by atoms with Gasteiger partial charge in [0.05, 0.1) is 0 Å². The SMILES string of the molecule is NC(=S)c1ccnc(Oc2ccc(Cl)cc2)c1. The number of benzene rings is 1. The predicted molar refractivity (Wildman–Crippen MR) is 71.7 cm³/mol. The Morgan fingerprint density at radius 1 is 1.24 bits per heavy atom. The number of pyridine rings is 1. The number of halogens is 1. The van der Waals surface area contributed by atoms with Gasteiger partial charge in [0, 0.05) is 22.8 Å². The molecule has 0 radical (unpaired) electrons. The van der Waals surface area contributed by atoms with E-state index in [-0.39, 0.29) is 0 Å². The Balaban J connectivity index is 2.21. The molecule has 0 aliphatic rings. The van der Waals surface area contributed by atoms with E-state index in [9.17, 15) is 0 Å². The average Bonchev–Trinajstić information content (AvgIpc) is 2.32. The summed E-state index contributed by atoms with van der Waals surface area (Å²) in [5.41, 5.74) is 6.25. The smallest absolute Gasteiger partial charge is 0.219 e. The number of rotatable bonds is 3. The van der Waals surface area contributed by atoms with Gasteiger partial charge in [-0.05, 0) is 30.3 Å². The van der Waals surface area contributed by atoms with E-state index in [1.165, 1.54) is 0 Å². The normalized spacial score (nSPS) is 9.94. The molecule has 0 bridgehead atoms. The molecule has 86 valence electrons. The minimum Gasteiger partial charge on any atom is -0.439 e. The lowest BCUT2D eigenvalue weighted by atomic mass is 10.3. The summed E-state index contributed by atoms with van der Waals surface area (Å²) in [6, 6.07) is 10.4. The van der Waals surface area contributed by atoms with E-state index in [4.69, 9.17) is 34.3 Å². The molecule has 0 amide bonds. The minimum absolute atomic E-state index is 0.313. The van der Waals surface area contributed by atoms with E-state index in [0.29, 0.717) is 21.6 Å². The van der Waals surface area contributed by atoms with E-state index in [0.717, 1.165) is 5.56 Å². The summed E-state index contributed by atoms with van der Waals surface area (Å²) in [5.74, 6) is 1.10. The van der Waals surface area contributed by atoms with Crippen molar-refractivity contribution in [1.82, 2.24) is 4.98 Å². The van der Waals surface area contributed by atoms with Gasteiger partial charge in [-0.1, -0.05) is 23.8 Å². The van der Waals surface area contributed by atoms with Crippen molar-refractivity contribution in [3.05, 3.63) is 53.2 Å². The van der Waals surface area contributed by atoms with Crippen LogP contribution in [0.1, 0.15) is 5.56 Å². The highest BCUT2D eigenvalue weighted by Crippen LogP contribution is 2.21. The van der Waals surface area contributed by atoms with Crippen molar-refractivity contribution in [3.63, 3.8) is 0 Å². The molecule has 1 aromatic heterocycles. The van der Waals surface area contributed by atoms with Crippen LogP contribution in [0.15, 0.2) is 42.6 Å². The van der Waals surface area contributed by atoms with Gasteiger partial charge < -0.3 is 10.5 Å². The molecule has 17 heavy (non-hydrogen) atoms. The van der Waals surface area contributed by atoms with Gasteiger partial charge in [0.25, 0.3) is 0 Å². The zero-order valence-corrected chi connectivity index (χ0v) is 10.3. The second-order valence-corrected chi connectivity index (χ2v) is 4.18. The van der Waals surface area contributed by atoms with Crippen molar-refractivity contribution in [2.24, 2.45) is 5.73 Å². The first-order valence-electron chi connectivity index (χ1n) is 4.84. The van der Waals surface area contributed by atoms with Crippen molar-refractivity contribution < 1.29 is 4.74 Å². The van der Waals surface area contributed by atoms with Crippen molar-refractivity contribution in [3.8, 4) is 11.6 Å². The number of thiocarbonyl (C=S) groups is 1. The molecule has 0 atom stereocenters. The molecule has 0 spiro atoms. The highest BCUT2D eigenvalue weighted by Gasteiger charge is 2.02. The lowest BCUT2D eigenvalue weighted by Gasteiger charge is -2.05. The summed E-state index contributed by atoms with van der Waals surface area (Å²) >= 11 is 10.7. The van der Waals surface area contributed by atoms with Crippen LogP contribution in [0.5, 0.6) is 11.6 Å². The van der Waals surface area contributed by atoms with E-state index in [1.54, 1.807) is 42.6 Å². The van der Waals surface area contributed by atoms with Crippen LogP contribution in [-0.4, -0.2) is 9.97 Å². The topological polar surface area (TPSA) is 48.1 Å². The zero-order chi connectivity index (χ0) is 12.3. The average molecular weight is 265 g/mol. The highest BCUT2D eigenvalue weighted by molar-refractivity contribution is 7.80. The van der Waals surface area contributed by atoms with Crippen molar-refractivity contribution in [1.29, 1.82) is 0 Å². The molecule has 3 nitrogen and oxygen atoms in total. The fourth-order valence-electron chi connectivity index (χ4n) is 1.24. The molecule has 0 aliphatic heterocycles. The van der Waals surface area contributed by atoms with Gasteiger partial charge in [-0.2, -0.15) is 0 Å². The Bertz CT molecular complexity index is 542. The van der Waals surface area contributed by atoms with Crippen LogP contribution in [0, 0.1) is 0 Å². The Kier molecular flexibility index (Phi) is 3.56. The van der Waals surface area contributed by atoms with Crippen LogP contribution >= 0.6 is 23.8 Å². The summed E-state index contributed by atoms with van der Waals surface area (Å²) in [6.07, 6.45) is 1.60. The number of hydrogen-bond acceptors (Lipinski definition) is 3. The molecule has 2 aromatic rings. The summed E-state index contributed by atoms with van der Waals surface area (Å²) in [6.45, 7) is 0. The lowest BCUT2D eigenvalue weighted by Crippen LogP contribution is -2.09. The number of aromatic nitrogens is 1. The Hall–Kier alpha value is -1.65. The van der Waals surface area contributed by atoms with Crippen LogP contribution in [0.4, 0.5) is 0 Å². The quantitative estimate of drug-likeness (QED) is 0.865. The largest absolute Gasteiger partial charge is 0.439 e. The van der Waals surface area contributed by atoms with Gasteiger partial charge in [-0.25, -0.2) is 4.98 Å². The first kappa shape index (κ1) is 11.8. The third-order valence-corrected chi connectivity index (χ3v) is 2.54. The third kappa shape index (κ3) is 3.15. The maximum atomic E-state index is 5.78. The maximum absolute atomic E-state index is 5.78. The van der Waals surface area contributed by atoms with Gasteiger partial charge in [-0.15, -0.1) is 0 Å². The molecule has 2 rings (SSSR count). The van der Waals surface area contributed by atoms with Crippen LogP contribution in [-0.2, 0) is 0 Å². The van der Waals surface area contributed by atoms with Crippen LogP contribution < -0.4 is 10.5 Å². The number of ether oxygens (including phenoxy) is 1. The molecular weight excluding hydrogens is 256 g/mol. The first-order valence-corrected chi connectivity index (χ1v) is 5.63. The molecule has 0 unspecified atom stereocenters. The Labute approximate surface area is 109 Å². The van der Waals surface area contributed by atoms with Gasteiger partial charge >= 0.3 is 0 Å². The minimum atomic E-state index is 0.313.